The summed E-state index contributed by atoms with van der Waals surface area (Å²) in [6.07, 6.45) is 0. The van der Waals surface area contributed by atoms with Gasteiger partial charge in [-0.15, -0.1) is 11.3 Å². The third-order valence-corrected chi connectivity index (χ3v) is 3.81. The molecule has 0 aliphatic carbocycles. The quantitative estimate of drug-likeness (QED) is 0.630. The fraction of sp³-hybridized carbons (Fsp3) is 0. The summed E-state index contributed by atoms with van der Waals surface area (Å²) >= 11 is 7.53. The van der Waals surface area contributed by atoms with Crippen molar-refractivity contribution < 1.29 is 0 Å². The molecule has 3 rings (SSSR count). The van der Waals surface area contributed by atoms with E-state index in [0.29, 0.717) is 0 Å². The van der Waals surface area contributed by atoms with Crippen LogP contribution in [0.5, 0.6) is 0 Å². The predicted octanol–water partition coefficient (Wildman–Crippen LogP) is 5.13. The molecule has 0 spiro atoms. The van der Waals surface area contributed by atoms with Crippen molar-refractivity contribution in [3.8, 4) is 21.8 Å². The Morgan fingerprint density at radius 1 is 0.833 bits per heavy atom. The SMILES string of the molecule is Clc1ccc(-c2nc(-c3ccccc3)cs2)cc1. The zero-order valence-corrected chi connectivity index (χ0v) is 11.1. The number of benzene rings is 2. The van der Waals surface area contributed by atoms with Crippen molar-refractivity contribution in [3.05, 3.63) is 65.0 Å². The molecule has 0 unspecified atom stereocenters. The van der Waals surface area contributed by atoms with E-state index in [-0.39, 0.29) is 0 Å². The molecule has 3 heteroatoms. The Hall–Kier alpha value is -1.64. The summed E-state index contributed by atoms with van der Waals surface area (Å²) in [5.41, 5.74) is 3.27. The van der Waals surface area contributed by atoms with Gasteiger partial charge in [-0.2, -0.15) is 0 Å². The Morgan fingerprint density at radius 2 is 1.56 bits per heavy atom. The molecule has 1 heterocycles. The molecule has 1 nitrogen and oxygen atoms in total. The lowest BCUT2D eigenvalue weighted by atomic mass is 10.2. The zero-order valence-electron chi connectivity index (χ0n) is 9.51. The molecule has 0 aliphatic rings. The molecule has 0 saturated heterocycles. The second kappa shape index (κ2) is 4.92. The first-order valence-corrected chi connectivity index (χ1v) is 6.85. The molecule has 1 aromatic heterocycles. The van der Waals surface area contributed by atoms with E-state index < -0.39 is 0 Å². The van der Waals surface area contributed by atoms with Gasteiger partial charge in [0.1, 0.15) is 5.01 Å². The number of nitrogens with zero attached hydrogens (tertiary/aromatic N) is 1. The minimum Gasteiger partial charge on any atom is -0.236 e. The molecule has 0 N–H and O–H groups in total. The Morgan fingerprint density at radius 3 is 2.28 bits per heavy atom. The molecule has 0 fully saturated rings. The monoisotopic (exact) mass is 271 g/mol. The van der Waals surface area contributed by atoms with Crippen molar-refractivity contribution in [2.45, 2.75) is 0 Å². The average Bonchev–Trinajstić information content (AvgIpc) is 2.90. The summed E-state index contributed by atoms with van der Waals surface area (Å²) in [4.78, 5) is 4.66. The van der Waals surface area contributed by atoms with Crippen molar-refractivity contribution in [2.24, 2.45) is 0 Å². The van der Waals surface area contributed by atoms with Gasteiger partial charge in [0, 0.05) is 21.5 Å². The van der Waals surface area contributed by atoms with Gasteiger partial charge in [-0.05, 0) is 12.1 Å². The Kier molecular flexibility index (Phi) is 3.13. The Labute approximate surface area is 115 Å². The third-order valence-electron chi connectivity index (χ3n) is 2.66. The highest BCUT2D eigenvalue weighted by Crippen LogP contribution is 2.29. The van der Waals surface area contributed by atoms with Crippen LogP contribution in [0.4, 0.5) is 0 Å². The van der Waals surface area contributed by atoms with Crippen LogP contribution >= 0.6 is 22.9 Å². The van der Waals surface area contributed by atoms with Crippen LogP contribution in [0.1, 0.15) is 0 Å². The maximum Gasteiger partial charge on any atom is 0.124 e. The number of halogens is 1. The van der Waals surface area contributed by atoms with Crippen LogP contribution in [0.25, 0.3) is 21.8 Å². The van der Waals surface area contributed by atoms with Crippen molar-refractivity contribution in [1.29, 1.82) is 0 Å². The number of aromatic nitrogens is 1. The van der Waals surface area contributed by atoms with Crippen LogP contribution in [0.3, 0.4) is 0 Å². The zero-order chi connectivity index (χ0) is 12.4. The largest absolute Gasteiger partial charge is 0.236 e. The van der Waals surface area contributed by atoms with Crippen LogP contribution in [-0.2, 0) is 0 Å². The summed E-state index contributed by atoms with van der Waals surface area (Å²) in [7, 11) is 0. The van der Waals surface area contributed by atoms with Gasteiger partial charge >= 0.3 is 0 Å². The standard InChI is InChI=1S/C15H10ClNS/c16-13-8-6-12(7-9-13)15-17-14(10-18-15)11-4-2-1-3-5-11/h1-10H. The minimum atomic E-state index is 0.749. The number of hydrogen-bond acceptors (Lipinski definition) is 2. The van der Waals surface area contributed by atoms with Crippen LogP contribution in [0, 0.1) is 0 Å². The molecule has 2 aromatic carbocycles. The number of thiazole rings is 1. The van der Waals surface area contributed by atoms with Crippen molar-refractivity contribution in [1.82, 2.24) is 4.98 Å². The minimum absolute atomic E-state index is 0.749. The molecule has 0 amide bonds. The first kappa shape index (κ1) is 11.5. The maximum absolute atomic E-state index is 5.88. The first-order valence-electron chi connectivity index (χ1n) is 5.60. The lowest BCUT2D eigenvalue weighted by Crippen LogP contribution is -1.78. The van der Waals surface area contributed by atoms with Crippen LogP contribution < -0.4 is 0 Å². The van der Waals surface area contributed by atoms with Crippen LogP contribution in [0.15, 0.2) is 60.0 Å². The summed E-state index contributed by atoms with van der Waals surface area (Å²) in [6.45, 7) is 0. The van der Waals surface area contributed by atoms with E-state index in [1.54, 1.807) is 11.3 Å². The third kappa shape index (κ3) is 2.30. The van der Waals surface area contributed by atoms with Crippen molar-refractivity contribution in [2.75, 3.05) is 0 Å². The van der Waals surface area contributed by atoms with E-state index in [2.05, 4.69) is 22.5 Å². The van der Waals surface area contributed by atoms with E-state index in [4.69, 9.17) is 11.6 Å². The highest BCUT2D eigenvalue weighted by molar-refractivity contribution is 7.13. The summed E-state index contributed by atoms with van der Waals surface area (Å²) < 4.78 is 0. The summed E-state index contributed by atoms with van der Waals surface area (Å²) in [5, 5.41) is 3.85. The second-order valence-corrected chi connectivity index (χ2v) is 5.21. The van der Waals surface area contributed by atoms with Gasteiger partial charge in [0.2, 0.25) is 0 Å². The fourth-order valence-electron chi connectivity index (χ4n) is 1.74. The smallest absolute Gasteiger partial charge is 0.124 e. The molecule has 88 valence electrons. The molecular weight excluding hydrogens is 262 g/mol. The molecule has 0 saturated carbocycles. The second-order valence-electron chi connectivity index (χ2n) is 3.91. The number of hydrogen-bond donors (Lipinski definition) is 0. The van der Waals surface area contributed by atoms with E-state index in [9.17, 15) is 0 Å². The Balaban J connectivity index is 1.97. The van der Waals surface area contributed by atoms with Gasteiger partial charge in [-0.1, -0.05) is 54.1 Å². The van der Waals surface area contributed by atoms with Gasteiger partial charge in [0.05, 0.1) is 5.69 Å². The average molecular weight is 272 g/mol. The van der Waals surface area contributed by atoms with E-state index in [0.717, 1.165) is 26.9 Å². The van der Waals surface area contributed by atoms with Crippen molar-refractivity contribution in [3.63, 3.8) is 0 Å². The highest BCUT2D eigenvalue weighted by atomic mass is 35.5. The molecule has 0 aliphatic heterocycles. The van der Waals surface area contributed by atoms with Gasteiger partial charge < -0.3 is 0 Å². The normalized spacial score (nSPS) is 10.5. The highest BCUT2D eigenvalue weighted by Gasteiger charge is 2.05. The van der Waals surface area contributed by atoms with Crippen LogP contribution in [0.2, 0.25) is 5.02 Å². The lowest BCUT2D eigenvalue weighted by molar-refractivity contribution is 1.40. The van der Waals surface area contributed by atoms with E-state index >= 15 is 0 Å². The Bertz CT molecular complexity index is 644. The summed E-state index contributed by atoms with van der Waals surface area (Å²) in [5.74, 6) is 0. The number of rotatable bonds is 2. The molecule has 0 radical (unpaired) electrons. The maximum atomic E-state index is 5.88. The van der Waals surface area contributed by atoms with Crippen LogP contribution in [-0.4, -0.2) is 4.98 Å². The fourth-order valence-corrected chi connectivity index (χ4v) is 2.70. The van der Waals surface area contributed by atoms with Crippen molar-refractivity contribution >= 4 is 22.9 Å². The predicted molar refractivity (Wildman–Crippen MR) is 78.0 cm³/mol. The molecule has 3 aromatic rings. The first-order chi connectivity index (χ1) is 8.83. The lowest BCUT2D eigenvalue weighted by Gasteiger charge is -1.96. The van der Waals surface area contributed by atoms with Gasteiger partial charge in [0.15, 0.2) is 0 Å². The molecule has 0 atom stereocenters. The van der Waals surface area contributed by atoms with E-state index in [1.165, 1.54) is 0 Å². The van der Waals surface area contributed by atoms with Gasteiger partial charge in [-0.3, -0.25) is 0 Å². The molecular formula is C15H10ClNS. The van der Waals surface area contributed by atoms with E-state index in [1.807, 2.05) is 42.5 Å². The topological polar surface area (TPSA) is 12.9 Å². The molecule has 0 bridgehead atoms. The van der Waals surface area contributed by atoms with Gasteiger partial charge in [0.25, 0.3) is 0 Å². The summed E-state index contributed by atoms with van der Waals surface area (Å²) in [6, 6.07) is 18.0. The van der Waals surface area contributed by atoms with Gasteiger partial charge in [-0.25, -0.2) is 4.98 Å². The molecule has 18 heavy (non-hydrogen) atoms.